The molecule has 6 rings (SSSR count). The molecule has 0 aliphatic heterocycles. The number of ether oxygens (including phenoxy) is 6. The fourth-order valence-electron chi connectivity index (χ4n) is 8.88. The second-order valence-electron chi connectivity index (χ2n) is 18.2. The Morgan fingerprint density at radius 1 is 0.488 bits per heavy atom. The van der Waals surface area contributed by atoms with Gasteiger partial charge >= 0.3 is 42.0 Å². The number of carbonyl (C=O) groups is 7. The molecule has 0 aromatic heterocycles. The molecule has 432 valence electrons. The first-order chi connectivity index (χ1) is 39.2. The molecular weight excluding hydrogens is 1070 g/mol. The van der Waals surface area contributed by atoms with Crippen LogP contribution in [0.1, 0.15) is 89.8 Å². The SMILES string of the molecule is CCOC(=O)C(CCOC(=O)Cc1cccc(NC(=O)c2ccccc2-c2ccc(C(F)(F)F)cc2)c1C)(C(=O)OCC)c1ccccc1.CCOC(=O)C(CCOC(=O)Cc1cccc([N+](=O)[O-])c1C)(C(=O)OCC)c1ccccc1. The van der Waals surface area contributed by atoms with Crippen molar-refractivity contribution < 1.29 is 80.1 Å². The van der Waals surface area contributed by atoms with Crippen molar-refractivity contribution in [1.29, 1.82) is 0 Å². The van der Waals surface area contributed by atoms with Gasteiger partial charge in [0.1, 0.15) is 0 Å². The maximum Gasteiger partial charge on any atom is 0.416 e. The van der Waals surface area contributed by atoms with E-state index in [1.54, 1.807) is 151 Å². The van der Waals surface area contributed by atoms with Crippen LogP contribution >= 0.6 is 0 Å². The van der Waals surface area contributed by atoms with Gasteiger partial charge in [0, 0.05) is 35.7 Å². The monoisotopic (exact) mass is 1130 g/mol. The van der Waals surface area contributed by atoms with Gasteiger partial charge in [-0.05, 0) is 105 Å². The van der Waals surface area contributed by atoms with Crippen molar-refractivity contribution >= 4 is 53.1 Å². The Labute approximate surface area is 472 Å². The number of anilines is 1. The summed E-state index contributed by atoms with van der Waals surface area (Å²) >= 11 is 0. The molecular formula is C62H63F3N2O15. The lowest BCUT2D eigenvalue weighted by Gasteiger charge is -2.29. The van der Waals surface area contributed by atoms with Gasteiger partial charge in [-0.15, -0.1) is 0 Å². The fraction of sp³-hybridized carbons (Fsp3) is 0.306. The van der Waals surface area contributed by atoms with Crippen LogP contribution in [0.15, 0.2) is 146 Å². The van der Waals surface area contributed by atoms with Gasteiger partial charge in [-0.1, -0.05) is 115 Å². The lowest BCUT2D eigenvalue weighted by atomic mass is 9.77. The van der Waals surface area contributed by atoms with Crippen LogP contribution in [0, 0.1) is 24.0 Å². The minimum absolute atomic E-state index is 0.0272. The van der Waals surface area contributed by atoms with Crippen molar-refractivity contribution in [1.82, 2.24) is 0 Å². The van der Waals surface area contributed by atoms with Crippen molar-refractivity contribution in [3.8, 4) is 11.1 Å². The molecule has 0 fully saturated rings. The third-order valence-corrected chi connectivity index (χ3v) is 13.2. The number of nitro groups is 1. The van der Waals surface area contributed by atoms with Crippen molar-refractivity contribution in [2.45, 2.75) is 84.2 Å². The molecule has 0 aliphatic rings. The van der Waals surface area contributed by atoms with Gasteiger partial charge < -0.3 is 33.7 Å². The number of esters is 6. The highest BCUT2D eigenvalue weighted by atomic mass is 19.4. The fourth-order valence-corrected chi connectivity index (χ4v) is 8.88. The summed E-state index contributed by atoms with van der Waals surface area (Å²) in [6, 6.07) is 37.2. The van der Waals surface area contributed by atoms with Gasteiger partial charge in [-0.2, -0.15) is 13.2 Å². The van der Waals surface area contributed by atoms with Crippen LogP contribution in [-0.4, -0.2) is 86.3 Å². The predicted octanol–water partition coefficient (Wildman–Crippen LogP) is 10.9. The molecule has 0 saturated heterocycles. The second-order valence-corrected chi connectivity index (χ2v) is 18.2. The second kappa shape index (κ2) is 29.9. The van der Waals surface area contributed by atoms with Crippen molar-refractivity contribution in [3.05, 3.63) is 200 Å². The number of hydrogen-bond acceptors (Lipinski definition) is 15. The Hall–Kier alpha value is -9.20. The molecule has 17 nitrogen and oxygen atoms in total. The minimum Gasteiger partial charge on any atom is -0.465 e. The standard InChI is InChI=1S/C38H36F3NO7.C24H27NO8/c1-4-47-35(45)37(36(46)48-5-2,28-13-7-6-8-14-28)22-23-49-33(43)24-27-12-11-17-32(25(27)3)42-34(44)31-16-10-9-15-30(31)26-18-20-29(21-19-26)38(39,40)41;1-4-31-22(27)24(23(28)32-5-2,19-11-7-6-8-12-19)14-15-33-21(26)16-18-10-9-13-20(17(18)3)25(29)30/h6-21H,4-5,22-24H2,1-3H3,(H,42,44);6-13H,4-5,14-16H2,1-3H3. The summed E-state index contributed by atoms with van der Waals surface area (Å²) in [5, 5.41) is 14.0. The predicted molar refractivity (Wildman–Crippen MR) is 295 cm³/mol. The lowest BCUT2D eigenvalue weighted by molar-refractivity contribution is -0.385. The Bertz CT molecular complexity index is 3170. The van der Waals surface area contributed by atoms with Crippen molar-refractivity contribution in [3.63, 3.8) is 0 Å². The van der Waals surface area contributed by atoms with E-state index in [1.165, 1.54) is 24.3 Å². The Balaban J connectivity index is 0.000000325. The molecule has 0 atom stereocenters. The molecule has 0 radical (unpaired) electrons. The van der Waals surface area contributed by atoms with E-state index in [9.17, 15) is 56.8 Å². The topological polar surface area (TPSA) is 230 Å². The van der Waals surface area contributed by atoms with Gasteiger partial charge in [0.05, 0.1) is 63.0 Å². The number of hydrogen-bond donors (Lipinski definition) is 1. The van der Waals surface area contributed by atoms with E-state index < -0.39 is 69.2 Å². The van der Waals surface area contributed by atoms with E-state index in [0.717, 1.165) is 12.1 Å². The Morgan fingerprint density at radius 3 is 1.33 bits per heavy atom. The summed E-state index contributed by atoms with van der Waals surface area (Å²) in [4.78, 5) is 102. The molecule has 0 spiro atoms. The van der Waals surface area contributed by atoms with E-state index in [2.05, 4.69) is 5.32 Å². The molecule has 1 amide bonds. The molecule has 6 aromatic rings. The van der Waals surface area contributed by atoms with Gasteiger partial charge in [0.25, 0.3) is 11.6 Å². The van der Waals surface area contributed by atoms with Crippen LogP contribution in [0.3, 0.4) is 0 Å². The molecule has 20 heteroatoms. The number of benzene rings is 6. The molecule has 82 heavy (non-hydrogen) atoms. The van der Waals surface area contributed by atoms with Crippen molar-refractivity contribution in [2.75, 3.05) is 45.0 Å². The van der Waals surface area contributed by atoms with E-state index in [-0.39, 0.29) is 76.6 Å². The third kappa shape index (κ3) is 15.8. The largest absolute Gasteiger partial charge is 0.465 e. The molecule has 0 bridgehead atoms. The molecule has 0 heterocycles. The number of halogens is 3. The summed E-state index contributed by atoms with van der Waals surface area (Å²) in [5.41, 5.74) is -0.269. The van der Waals surface area contributed by atoms with Gasteiger partial charge in [0.15, 0.2) is 10.8 Å². The number of nitrogens with zero attached hydrogens (tertiary/aromatic N) is 1. The molecule has 1 N–H and O–H groups in total. The van der Waals surface area contributed by atoms with Crippen LogP contribution in [0.4, 0.5) is 24.5 Å². The number of rotatable bonds is 24. The van der Waals surface area contributed by atoms with Gasteiger partial charge in [0.2, 0.25) is 0 Å². The highest BCUT2D eigenvalue weighted by molar-refractivity contribution is 6.09. The highest BCUT2D eigenvalue weighted by Crippen LogP contribution is 2.36. The molecule has 6 aromatic carbocycles. The maximum absolute atomic E-state index is 13.4. The zero-order valence-corrected chi connectivity index (χ0v) is 46.1. The van der Waals surface area contributed by atoms with Gasteiger partial charge in [-0.3, -0.25) is 43.7 Å². The lowest BCUT2D eigenvalue weighted by Crippen LogP contribution is -2.47. The minimum atomic E-state index is -4.48. The van der Waals surface area contributed by atoms with Crippen LogP contribution in [0.2, 0.25) is 0 Å². The first-order valence-electron chi connectivity index (χ1n) is 26.2. The van der Waals surface area contributed by atoms with Crippen molar-refractivity contribution in [2.24, 2.45) is 0 Å². The van der Waals surface area contributed by atoms with E-state index in [0.29, 0.717) is 50.2 Å². The quantitative estimate of drug-likeness (QED) is 0.0195. The summed E-state index contributed by atoms with van der Waals surface area (Å²) in [7, 11) is 0. The van der Waals surface area contributed by atoms with Crippen LogP contribution < -0.4 is 5.32 Å². The Morgan fingerprint density at radius 2 is 0.902 bits per heavy atom. The first kappa shape index (κ1) is 63.6. The first-order valence-corrected chi connectivity index (χ1v) is 26.2. The number of nitrogens with one attached hydrogen (secondary N) is 1. The smallest absolute Gasteiger partial charge is 0.416 e. The summed E-state index contributed by atoms with van der Waals surface area (Å²) < 4.78 is 71.0. The molecule has 0 unspecified atom stereocenters. The summed E-state index contributed by atoms with van der Waals surface area (Å²) in [6.45, 7) is 9.38. The summed E-state index contributed by atoms with van der Waals surface area (Å²) in [5.74, 6) is -4.97. The number of carbonyl (C=O) groups excluding carboxylic acids is 7. The number of nitro benzene ring substituents is 1. The number of amides is 1. The molecule has 0 aliphatic carbocycles. The van der Waals surface area contributed by atoms with E-state index in [1.807, 2.05) is 0 Å². The number of alkyl halides is 3. The third-order valence-electron chi connectivity index (χ3n) is 13.2. The zero-order chi connectivity index (χ0) is 60.0. The van der Waals surface area contributed by atoms with E-state index >= 15 is 0 Å². The average molecular weight is 1130 g/mol. The van der Waals surface area contributed by atoms with Crippen LogP contribution in [0.5, 0.6) is 0 Å². The van der Waals surface area contributed by atoms with E-state index in [4.69, 9.17) is 28.4 Å². The van der Waals surface area contributed by atoms with Crippen LogP contribution in [0.25, 0.3) is 11.1 Å². The van der Waals surface area contributed by atoms with Crippen LogP contribution in [-0.2, 0) is 87.0 Å². The average Bonchev–Trinajstić information content (AvgIpc) is 3.45. The normalized spacial score (nSPS) is 11.2. The zero-order valence-electron chi connectivity index (χ0n) is 46.1. The Kier molecular flexibility index (Phi) is 23.2. The maximum atomic E-state index is 13.4. The summed E-state index contributed by atoms with van der Waals surface area (Å²) in [6.07, 6.45) is -5.25. The highest BCUT2D eigenvalue weighted by Gasteiger charge is 2.52. The van der Waals surface area contributed by atoms with Gasteiger partial charge in [-0.25, -0.2) is 0 Å². The molecule has 0 saturated carbocycles.